The second kappa shape index (κ2) is 5.48. The third-order valence-electron chi connectivity index (χ3n) is 3.30. The van der Waals surface area contributed by atoms with Gasteiger partial charge in [-0.15, -0.1) is 0 Å². The van der Waals surface area contributed by atoms with Crippen LogP contribution < -0.4 is 5.32 Å². The van der Waals surface area contributed by atoms with Crippen molar-refractivity contribution in [3.8, 4) is 0 Å². The highest BCUT2D eigenvalue weighted by Gasteiger charge is 2.32. The number of amides is 2. The minimum absolute atomic E-state index is 0.143. The number of carbonyl (C=O) groups is 3. The molecule has 1 aliphatic heterocycles. The fourth-order valence-corrected chi connectivity index (χ4v) is 2.08. The number of methoxy groups -OCH3 is 1. The van der Waals surface area contributed by atoms with E-state index in [-0.39, 0.29) is 37.2 Å². The summed E-state index contributed by atoms with van der Waals surface area (Å²) in [6.45, 7) is 0.289. The monoisotopic (exact) mass is 254 g/mol. The average Bonchev–Trinajstić information content (AvgIpc) is 3.12. The maximum absolute atomic E-state index is 11.6. The fourth-order valence-electron chi connectivity index (χ4n) is 2.08. The molecule has 1 atom stereocenters. The smallest absolute Gasteiger partial charge is 0.322 e. The molecule has 2 amide bonds. The van der Waals surface area contributed by atoms with Crippen LogP contribution in [0.5, 0.6) is 0 Å². The Morgan fingerprint density at radius 3 is 2.50 bits per heavy atom. The van der Waals surface area contributed by atoms with E-state index in [1.807, 2.05) is 0 Å². The Kier molecular flexibility index (Phi) is 3.96. The molecule has 2 rings (SSSR count). The standard InChI is InChI=1S/C12H18N2O4/c1-18-12(17)9(13-8-2-3-8)6-7-14-10(15)4-5-11(14)16/h8-9,13H,2-7H2,1H3. The van der Waals surface area contributed by atoms with Crippen molar-refractivity contribution in [3.05, 3.63) is 0 Å². The predicted molar refractivity (Wildman–Crippen MR) is 62.5 cm³/mol. The highest BCUT2D eigenvalue weighted by atomic mass is 16.5. The highest BCUT2D eigenvalue weighted by Crippen LogP contribution is 2.21. The number of esters is 1. The quantitative estimate of drug-likeness (QED) is 0.525. The summed E-state index contributed by atoms with van der Waals surface area (Å²) in [4.78, 5) is 35.7. The molecule has 1 heterocycles. The van der Waals surface area contributed by atoms with E-state index in [4.69, 9.17) is 4.74 Å². The van der Waals surface area contributed by atoms with Crippen molar-refractivity contribution < 1.29 is 19.1 Å². The van der Waals surface area contributed by atoms with Crippen molar-refractivity contribution in [2.24, 2.45) is 0 Å². The molecule has 0 aromatic carbocycles. The third-order valence-corrected chi connectivity index (χ3v) is 3.30. The number of carbonyl (C=O) groups excluding carboxylic acids is 3. The van der Waals surface area contributed by atoms with Gasteiger partial charge in [-0.05, 0) is 19.3 Å². The van der Waals surface area contributed by atoms with E-state index in [9.17, 15) is 14.4 Å². The van der Waals surface area contributed by atoms with Crippen LogP contribution in [0.1, 0.15) is 32.1 Å². The van der Waals surface area contributed by atoms with Gasteiger partial charge in [-0.25, -0.2) is 0 Å². The Morgan fingerprint density at radius 1 is 1.39 bits per heavy atom. The molecule has 1 saturated heterocycles. The van der Waals surface area contributed by atoms with E-state index in [2.05, 4.69) is 5.32 Å². The lowest BCUT2D eigenvalue weighted by Gasteiger charge is -2.19. The van der Waals surface area contributed by atoms with Gasteiger partial charge in [0.25, 0.3) is 0 Å². The molecule has 6 nitrogen and oxygen atoms in total. The number of imide groups is 1. The van der Waals surface area contributed by atoms with Gasteiger partial charge in [0.2, 0.25) is 11.8 Å². The molecule has 2 fully saturated rings. The summed E-state index contributed by atoms with van der Waals surface area (Å²) in [5, 5.41) is 3.17. The number of nitrogens with zero attached hydrogens (tertiary/aromatic N) is 1. The Bertz CT molecular complexity index is 349. The van der Waals surface area contributed by atoms with Gasteiger partial charge in [-0.2, -0.15) is 0 Å². The summed E-state index contributed by atoms with van der Waals surface area (Å²) < 4.78 is 4.72. The molecule has 0 aromatic rings. The molecule has 1 unspecified atom stereocenters. The van der Waals surface area contributed by atoms with Gasteiger partial charge >= 0.3 is 5.97 Å². The van der Waals surface area contributed by atoms with E-state index < -0.39 is 6.04 Å². The molecule has 0 radical (unpaired) electrons. The first-order chi connectivity index (χ1) is 8.61. The summed E-state index contributed by atoms with van der Waals surface area (Å²) in [7, 11) is 1.34. The van der Waals surface area contributed by atoms with Crippen LogP contribution >= 0.6 is 0 Å². The van der Waals surface area contributed by atoms with Crippen LogP contribution in [0.2, 0.25) is 0 Å². The predicted octanol–water partition coefficient (Wildman–Crippen LogP) is -0.181. The zero-order chi connectivity index (χ0) is 13.1. The Hall–Kier alpha value is -1.43. The topological polar surface area (TPSA) is 75.7 Å². The van der Waals surface area contributed by atoms with E-state index in [0.29, 0.717) is 12.5 Å². The maximum atomic E-state index is 11.6. The summed E-state index contributed by atoms with van der Waals surface area (Å²) in [5.41, 5.74) is 0. The lowest BCUT2D eigenvalue weighted by atomic mass is 10.2. The fraction of sp³-hybridized carbons (Fsp3) is 0.750. The van der Waals surface area contributed by atoms with Gasteiger partial charge < -0.3 is 10.1 Å². The van der Waals surface area contributed by atoms with Crippen molar-refractivity contribution in [2.45, 2.75) is 44.2 Å². The first kappa shape index (κ1) is 13.0. The van der Waals surface area contributed by atoms with Crippen LogP contribution in [-0.2, 0) is 19.1 Å². The van der Waals surface area contributed by atoms with Crippen LogP contribution in [0.25, 0.3) is 0 Å². The molecule has 0 bridgehead atoms. The van der Waals surface area contributed by atoms with Gasteiger partial charge in [0.15, 0.2) is 0 Å². The summed E-state index contributed by atoms with van der Waals surface area (Å²) in [6.07, 6.45) is 3.13. The Balaban J connectivity index is 1.85. The number of ether oxygens (including phenoxy) is 1. The van der Waals surface area contributed by atoms with Gasteiger partial charge in [-0.1, -0.05) is 0 Å². The lowest BCUT2D eigenvalue weighted by Crippen LogP contribution is -2.42. The maximum Gasteiger partial charge on any atom is 0.322 e. The average molecular weight is 254 g/mol. The van der Waals surface area contributed by atoms with Crippen LogP contribution in [0, 0.1) is 0 Å². The molecule has 1 saturated carbocycles. The Labute approximate surface area is 106 Å². The summed E-state index contributed by atoms with van der Waals surface area (Å²) in [6, 6.07) is -0.0530. The molecule has 2 aliphatic rings. The number of hydrogen-bond donors (Lipinski definition) is 1. The van der Waals surface area contributed by atoms with Crippen LogP contribution in [0.15, 0.2) is 0 Å². The SMILES string of the molecule is COC(=O)C(CCN1C(=O)CCC1=O)NC1CC1. The molecule has 6 heteroatoms. The molecular weight excluding hydrogens is 236 g/mol. The van der Waals surface area contributed by atoms with Crippen LogP contribution in [0.4, 0.5) is 0 Å². The van der Waals surface area contributed by atoms with E-state index in [0.717, 1.165) is 12.8 Å². The number of nitrogens with one attached hydrogen (secondary N) is 1. The zero-order valence-electron chi connectivity index (χ0n) is 10.5. The summed E-state index contributed by atoms with van der Waals surface area (Å²) >= 11 is 0. The molecular formula is C12H18N2O4. The minimum Gasteiger partial charge on any atom is -0.468 e. The van der Waals surface area contributed by atoms with Gasteiger partial charge in [0.05, 0.1) is 7.11 Å². The van der Waals surface area contributed by atoms with E-state index in [1.165, 1.54) is 12.0 Å². The second-order valence-electron chi connectivity index (χ2n) is 4.74. The summed E-state index contributed by atoms with van der Waals surface area (Å²) in [5.74, 6) is -0.619. The second-order valence-corrected chi connectivity index (χ2v) is 4.74. The Morgan fingerprint density at radius 2 is 2.00 bits per heavy atom. The van der Waals surface area contributed by atoms with Crippen molar-refractivity contribution in [2.75, 3.05) is 13.7 Å². The molecule has 100 valence electrons. The molecule has 18 heavy (non-hydrogen) atoms. The highest BCUT2D eigenvalue weighted by molar-refractivity contribution is 6.01. The molecule has 1 N–H and O–H groups in total. The largest absolute Gasteiger partial charge is 0.468 e. The van der Waals surface area contributed by atoms with Gasteiger partial charge in [-0.3, -0.25) is 19.3 Å². The minimum atomic E-state index is -0.427. The van der Waals surface area contributed by atoms with E-state index in [1.54, 1.807) is 0 Å². The van der Waals surface area contributed by atoms with Gasteiger partial charge in [0, 0.05) is 25.4 Å². The molecule has 1 aliphatic carbocycles. The van der Waals surface area contributed by atoms with Crippen LogP contribution in [-0.4, -0.2) is 48.4 Å². The first-order valence-electron chi connectivity index (χ1n) is 6.29. The zero-order valence-corrected chi connectivity index (χ0v) is 10.5. The number of hydrogen-bond acceptors (Lipinski definition) is 5. The molecule has 0 spiro atoms. The van der Waals surface area contributed by atoms with Crippen molar-refractivity contribution in [1.82, 2.24) is 10.2 Å². The molecule has 0 aromatic heterocycles. The van der Waals surface area contributed by atoms with E-state index >= 15 is 0 Å². The lowest BCUT2D eigenvalue weighted by molar-refractivity contribution is -0.145. The van der Waals surface area contributed by atoms with Crippen molar-refractivity contribution in [3.63, 3.8) is 0 Å². The van der Waals surface area contributed by atoms with Crippen LogP contribution in [0.3, 0.4) is 0 Å². The third kappa shape index (κ3) is 3.07. The number of likely N-dealkylation sites (tertiary alicyclic amines) is 1. The van der Waals surface area contributed by atoms with Gasteiger partial charge in [0.1, 0.15) is 6.04 Å². The van der Waals surface area contributed by atoms with Crippen molar-refractivity contribution in [1.29, 1.82) is 0 Å². The van der Waals surface area contributed by atoms with Crippen molar-refractivity contribution >= 4 is 17.8 Å². The number of rotatable bonds is 6. The first-order valence-corrected chi connectivity index (χ1v) is 6.29. The normalized spacial score (nSPS) is 21.3.